The molecule has 0 saturated carbocycles. The average molecular weight is 331 g/mol. The summed E-state index contributed by atoms with van der Waals surface area (Å²) in [5.41, 5.74) is 2.92. The molecule has 6 nitrogen and oxygen atoms in total. The third-order valence-electron chi connectivity index (χ3n) is 4.03. The third kappa shape index (κ3) is 3.29. The Hall–Kier alpha value is -2.16. The van der Waals surface area contributed by atoms with Gasteiger partial charge in [0.15, 0.2) is 5.60 Å². The minimum Gasteiger partial charge on any atom is -0.364 e. The van der Waals surface area contributed by atoms with Crippen molar-refractivity contribution in [2.75, 3.05) is 5.32 Å². The predicted octanol–water partition coefficient (Wildman–Crippen LogP) is 1.86. The van der Waals surface area contributed by atoms with Crippen LogP contribution in [0.25, 0.3) is 0 Å². The van der Waals surface area contributed by atoms with E-state index in [-0.39, 0.29) is 17.8 Å². The molecule has 126 valence electrons. The number of pyridine rings is 1. The van der Waals surface area contributed by atoms with Gasteiger partial charge in [-0.15, -0.1) is 0 Å². The maximum Gasteiger partial charge on any atom is 0.417 e. The number of carbonyl (C=O) groups is 2. The van der Waals surface area contributed by atoms with Crippen LogP contribution in [0.3, 0.4) is 0 Å². The molecule has 1 fully saturated rings. The summed E-state index contributed by atoms with van der Waals surface area (Å²) in [5.74, 6) is -2.27. The van der Waals surface area contributed by atoms with E-state index in [0.717, 1.165) is 6.92 Å². The van der Waals surface area contributed by atoms with Gasteiger partial charge in [-0.1, -0.05) is 6.92 Å². The molecule has 0 aliphatic carbocycles. The summed E-state index contributed by atoms with van der Waals surface area (Å²) in [5, 5.41) is 2.41. The summed E-state index contributed by atoms with van der Waals surface area (Å²) < 4.78 is 44.2. The SMILES string of the molecule is C[C@H]1CC(C(=O)Nc2ccc(C(N)=O)nc2)O[C@@]1(C)C(F)(F)F. The third-order valence-corrected chi connectivity index (χ3v) is 4.03. The average Bonchev–Trinajstić information content (AvgIpc) is 2.76. The lowest BCUT2D eigenvalue weighted by molar-refractivity contribution is -0.272. The standard InChI is InChI=1S/C14H16F3N3O3/c1-7-5-10(23-13(7,2)14(15,16)17)12(22)20-8-3-4-9(11(18)21)19-6-8/h3-4,6-7,10H,5H2,1-2H3,(H2,18,21)(H,20,22)/t7-,10?,13+/m0/s1. The van der Waals surface area contributed by atoms with Crippen molar-refractivity contribution >= 4 is 17.5 Å². The van der Waals surface area contributed by atoms with Gasteiger partial charge in [-0.05, 0) is 31.4 Å². The van der Waals surface area contributed by atoms with E-state index in [1.807, 2.05) is 0 Å². The van der Waals surface area contributed by atoms with Crippen molar-refractivity contribution in [2.45, 2.75) is 38.1 Å². The zero-order valence-electron chi connectivity index (χ0n) is 12.5. The molecule has 1 aromatic heterocycles. The second kappa shape index (κ2) is 5.80. The van der Waals surface area contributed by atoms with Crippen LogP contribution in [-0.2, 0) is 9.53 Å². The highest BCUT2D eigenvalue weighted by atomic mass is 19.4. The molecule has 2 rings (SSSR count). The first kappa shape index (κ1) is 17.2. The summed E-state index contributed by atoms with van der Waals surface area (Å²) in [6.45, 7) is 2.33. The van der Waals surface area contributed by atoms with E-state index in [0.29, 0.717) is 0 Å². The monoisotopic (exact) mass is 331 g/mol. The van der Waals surface area contributed by atoms with Gasteiger partial charge in [0.25, 0.3) is 11.8 Å². The van der Waals surface area contributed by atoms with Crippen LogP contribution in [0.2, 0.25) is 0 Å². The Labute approximate surface area is 130 Å². The Morgan fingerprint density at radius 3 is 2.52 bits per heavy atom. The molecule has 1 saturated heterocycles. The van der Waals surface area contributed by atoms with Crippen molar-refractivity contribution in [3.63, 3.8) is 0 Å². The fraction of sp³-hybridized carbons (Fsp3) is 0.500. The number of halogens is 3. The molecular weight excluding hydrogens is 315 g/mol. The van der Waals surface area contributed by atoms with Gasteiger partial charge in [0.05, 0.1) is 11.9 Å². The first-order chi connectivity index (χ1) is 10.5. The molecule has 2 heterocycles. The minimum absolute atomic E-state index is 0.0124. The molecule has 0 spiro atoms. The number of rotatable bonds is 3. The molecule has 0 aromatic carbocycles. The number of anilines is 1. The summed E-state index contributed by atoms with van der Waals surface area (Å²) in [7, 11) is 0. The largest absolute Gasteiger partial charge is 0.417 e. The second-order valence-corrected chi connectivity index (χ2v) is 5.63. The van der Waals surface area contributed by atoms with Crippen molar-refractivity contribution in [2.24, 2.45) is 11.7 Å². The van der Waals surface area contributed by atoms with Crippen LogP contribution in [0.4, 0.5) is 18.9 Å². The fourth-order valence-electron chi connectivity index (χ4n) is 2.35. The van der Waals surface area contributed by atoms with E-state index in [1.165, 1.54) is 25.3 Å². The molecule has 0 radical (unpaired) electrons. The van der Waals surface area contributed by atoms with Gasteiger partial charge in [-0.2, -0.15) is 13.2 Å². The molecule has 1 aliphatic rings. The minimum atomic E-state index is -4.56. The molecule has 1 aliphatic heterocycles. The zero-order valence-corrected chi connectivity index (χ0v) is 12.5. The van der Waals surface area contributed by atoms with Crippen LogP contribution in [0.5, 0.6) is 0 Å². The number of aromatic nitrogens is 1. The van der Waals surface area contributed by atoms with Gasteiger partial charge in [0.2, 0.25) is 0 Å². The molecule has 2 amide bonds. The quantitative estimate of drug-likeness (QED) is 0.884. The maximum absolute atomic E-state index is 13.1. The summed E-state index contributed by atoms with van der Waals surface area (Å²) in [6.07, 6.45) is -4.63. The van der Waals surface area contributed by atoms with Crippen LogP contribution in [-0.4, -0.2) is 34.7 Å². The lowest BCUT2D eigenvalue weighted by Crippen LogP contribution is -2.47. The Kier molecular flexibility index (Phi) is 4.34. The molecule has 0 bridgehead atoms. The van der Waals surface area contributed by atoms with Gasteiger partial charge in [0, 0.05) is 0 Å². The molecule has 9 heteroatoms. The summed E-state index contributed by atoms with van der Waals surface area (Å²) >= 11 is 0. The number of carbonyl (C=O) groups excluding carboxylic acids is 2. The van der Waals surface area contributed by atoms with Gasteiger partial charge >= 0.3 is 6.18 Å². The van der Waals surface area contributed by atoms with Crippen molar-refractivity contribution in [1.29, 1.82) is 0 Å². The maximum atomic E-state index is 13.1. The number of hydrogen-bond acceptors (Lipinski definition) is 4. The van der Waals surface area contributed by atoms with Crippen molar-refractivity contribution in [3.05, 3.63) is 24.0 Å². The highest BCUT2D eigenvalue weighted by Crippen LogP contribution is 2.46. The van der Waals surface area contributed by atoms with Crippen LogP contribution in [0, 0.1) is 5.92 Å². The Morgan fingerprint density at radius 1 is 1.43 bits per heavy atom. The van der Waals surface area contributed by atoms with E-state index in [2.05, 4.69) is 10.3 Å². The number of nitrogens with one attached hydrogen (secondary N) is 1. The number of nitrogens with zero attached hydrogens (tertiary/aromatic N) is 1. The molecule has 23 heavy (non-hydrogen) atoms. The van der Waals surface area contributed by atoms with E-state index in [9.17, 15) is 22.8 Å². The smallest absolute Gasteiger partial charge is 0.364 e. The van der Waals surface area contributed by atoms with Crippen LogP contribution < -0.4 is 11.1 Å². The lowest BCUT2D eigenvalue weighted by Gasteiger charge is -2.30. The molecule has 3 N–H and O–H groups in total. The molecular formula is C14H16F3N3O3. The van der Waals surface area contributed by atoms with Crippen molar-refractivity contribution in [3.8, 4) is 0 Å². The van der Waals surface area contributed by atoms with Crippen LogP contribution in [0.1, 0.15) is 30.8 Å². The van der Waals surface area contributed by atoms with E-state index in [4.69, 9.17) is 10.5 Å². The van der Waals surface area contributed by atoms with Gasteiger partial charge < -0.3 is 15.8 Å². The Balaban J connectivity index is 2.06. The number of nitrogens with two attached hydrogens (primary N) is 1. The number of amides is 2. The van der Waals surface area contributed by atoms with Crippen molar-refractivity contribution < 1.29 is 27.5 Å². The molecule has 1 unspecified atom stereocenters. The number of ether oxygens (including phenoxy) is 1. The van der Waals surface area contributed by atoms with E-state index in [1.54, 1.807) is 0 Å². The Morgan fingerprint density at radius 2 is 2.09 bits per heavy atom. The summed E-state index contributed by atoms with van der Waals surface area (Å²) in [6, 6.07) is 2.68. The van der Waals surface area contributed by atoms with E-state index >= 15 is 0 Å². The normalized spacial score (nSPS) is 27.7. The number of alkyl halides is 3. The lowest BCUT2D eigenvalue weighted by atomic mass is 9.89. The highest BCUT2D eigenvalue weighted by Gasteiger charge is 2.61. The molecule has 3 atom stereocenters. The highest BCUT2D eigenvalue weighted by molar-refractivity contribution is 5.95. The van der Waals surface area contributed by atoms with Gasteiger partial charge in [0.1, 0.15) is 11.8 Å². The van der Waals surface area contributed by atoms with Crippen molar-refractivity contribution in [1.82, 2.24) is 4.98 Å². The fourth-order valence-corrected chi connectivity index (χ4v) is 2.35. The van der Waals surface area contributed by atoms with Crippen LogP contribution >= 0.6 is 0 Å². The topological polar surface area (TPSA) is 94.3 Å². The Bertz CT molecular complexity index is 618. The first-order valence-electron chi connectivity index (χ1n) is 6.86. The predicted molar refractivity (Wildman–Crippen MR) is 74.5 cm³/mol. The number of hydrogen-bond donors (Lipinski definition) is 2. The zero-order chi connectivity index (χ0) is 17.4. The summed E-state index contributed by atoms with van der Waals surface area (Å²) in [4.78, 5) is 26.7. The van der Waals surface area contributed by atoms with E-state index < -0.39 is 35.6 Å². The second-order valence-electron chi connectivity index (χ2n) is 5.63. The number of primary amides is 1. The molecule has 1 aromatic rings. The van der Waals surface area contributed by atoms with Crippen LogP contribution in [0.15, 0.2) is 18.3 Å². The van der Waals surface area contributed by atoms with Gasteiger partial charge in [-0.25, -0.2) is 4.98 Å². The van der Waals surface area contributed by atoms with Gasteiger partial charge in [-0.3, -0.25) is 9.59 Å². The first-order valence-corrected chi connectivity index (χ1v) is 6.86.